The van der Waals surface area contributed by atoms with Crippen LogP contribution < -0.4 is 0 Å². The summed E-state index contributed by atoms with van der Waals surface area (Å²) in [6, 6.07) is 0. The summed E-state index contributed by atoms with van der Waals surface area (Å²) in [5.41, 5.74) is 0. The highest BCUT2D eigenvalue weighted by Gasteiger charge is 2.16. The minimum Gasteiger partial charge on any atom is -0.464 e. The average Bonchev–Trinajstić information content (AvgIpc) is 3.46. The van der Waals surface area contributed by atoms with Gasteiger partial charge in [0.05, 0.1) is 18.9 Å². The van der Waals surface area contributed by atoms with Gasteiger partial charge in [-0.25, -0.2) is 0 Å². The maximum atomic E-state index is 12.2. The van der Waals surface area contributed by atoms with Crippen LogP contribution in [0.1, 0.15) is 213 Å². The van der Waals surface area contributed by atoms with Gasteiger partial charge in [-0.3, -0.25) is 9.79 Å². The van der Waals surface area contributed by atoms with E-state index in [-0.39, 0.29) is 5.97 Å². The van der Waals surface area contributed by atoms with Gasteiger partial charge in [-0.15, -0.1) is 0 Å². The number of carbonyl (C=O) groups is 1. The number of hydrogen-bond acceptors (Lipinski definition) is 4. The molecule has 0 aliphatic carbocycles. The predicted molar refractivity (Wildman–Crippen MR) is 189 cm³/mol. The monoisotopic (exact) mass is 605 g/mol. The maximum Gasteiger partial charge on any atom is 0.305 e. The van der Waals surface area contributed by atoms with E-state index in [0.717, 1.165) is 38.9 Å². The second-order valence-electron chi connectivity index (χ2n) is 13.6. The molecular formula is C39H76N2O2. The zero-order valence-electron chi connectivity index (χ0n) is 29.5. The smallest absolute Gasteiger partial charge is 0.305 e. The molecule has 1 heterocycles. The van der Waals surface area contributed by atoms with Gasteiger partial charge < -0.3 is 9.64 Å². The van der Waals surface area contributed by atoms with Crippen LogP contribution in [0.2, 0.25) is 0 Å². The normalized spacial score (nSPS) is 13.2. The van der Waals surface area contributed by atoms with Crippen molar-refractivity contribution in [3.8, 4) is 0 Å². The maximum absolute atomic E-state index is 12.2. The molecule has 0 N–H and O–H groups in total. The lowest BCUT2D eigenvalue weighted by atomic mass is 10.0. The van der Waals surface area contributed by atoms with E-state index in [0.29, 0.717) is 13.0 Å². The van der Waals surface area contributed by atoms with Gasteiger partial charge in [0.2, 0.25) is 0 Å². The van der Waals surface area contributed by atoms with Crippen LogP contribution in [0.3, 0.4) is 0 Å². The average molecular weight is 605 g/mol. The topological polar surface area (TPSA) is 41.9 Å². The second kappa shape index (κ2) is 32.3. The van der Waals surface area contributed by atoms with Crippen molar-refractivity contribution in [1.82, 2.24) is 4.90 Å². The number of carbonyl (C=O) groups excluding carboxylic acids is 1. The van der Waals surface area contributed by atoms with Crippen molar-refractivity contribution in [3.05, 3.63) is 0 Å². The number of hydrogen-bond donors (Lipinski definition) is 0. The number of amidine groups is 1. The molecule has 0 atom stereocenters. The van der Waals surface area contributed by atoms with E-state index >= 15 is 0 Å². The van der Waals surface area contributed by atoms with E-state index in [9.17, 15) is 4.79 Å². The number of ether oxygens (including phenoxy) is 1. The summed E-state index contributed by atoms with van der Waals surface area (Å²) < 4.78 is 5.56. The first kappa shape index (κ1) is 40.0. The quantitative estimate of drug-likeness (QED) is 0.0542. The third-order valence-corrected chi connectivity index (χ3v) is 9.39. The Morgan fingerprint density at radius 3 is 1.35 bits per heavy atom. The van der Waals surface area contributed by atoms with E-state index in [1.807, 2.05) is 0 Å². The number of aliphatic imine (C=N–C) groups is 1. The van der Waals surface area contributed by atoms with Crippen molar-refractivity contribution in [2.24, 2.45) is 4.99 Å². The lowest BCUT2D eigenvalue weighted by molar-refractivity contribution is -0.143. The van der Waals surface area contributed by atoms with E-state index in [1.54, 1.807) is 0 Å². The zero-order valence-corrected chi connectivity index (χ0v) is 29.5. The van der Waals surface area contributed by atoms with Crippen LogP contribution in [0.5, 0.6) is 0 Å². The molecule has 0 saturated heterocycles. The fourth-order valence-electron chi connectivity index (χ4n) is 6.47. The molecule has 1 rings (SSSR count). The molecule has 0 fully saturated rings. The van der Waals surface area contributed by atoms with Crippen molar-refractivity contribution < 1.29 is 9.53 Å². The molecule has 0 aromatic carbocycles. The first-order chi connectivity index (χ1) is 21.3. The lowest BCUT2D eigenvalue weighted by Gasteiger charge is -2.20. The van der Waals surface area contributed by atoms with Crippen LogP contribution in [0, 0.1) is 0 Å². The van der Waals surface area contributed by atoms with E-state index in [4.69, 9.17) is 9.73 Å². The Kier molecular flexibility index (Phi) is 30.1. The molecule has 43 heavy (non-hydrogen) atoms. The van der Waals surface area contributed by atoms with Crippen molar-refractivity contribution in [2.75, 3.05) is 26.2 Å². The highest BCUT2D eigenvalue weighted by molar-refractivity contribution is 5.83. The molecular weight excluding hydrogens is 528 g/mol. The van der Waals surface area contributed by atoms with Gasteiger partial charge in [-0.05, 0) is 12.8 Å². The van der Waals surface area contributed by atoms with Crippen molar-refractivity contribution >= 4 is 11.8 Å². The van der Waals surface area contributed by atoms with Gasteiger partial charge in [0, 0.05) is 19.4 Å². The largest absolute Gasteiger partial charge is 0.464 e. The summed E-state index contributed by atoms with van der Waals surface area (Å²) in [7, 11) is 0. The van der Waals surface area contributed by atoms with E-state index in [1.165, 1.54) is 179 Å². The van der Waals surface area contributed by atoms with Crippen LogP contribution in [0.15, 0.2) is 4.99 Å². The van der Waals surface area contributed by atoms with Crippen LogP contribution >= 0.6 is 0 Å². The van der Waals surface area contributed by atoms with Crippen molar-refractivity contribution in [2.45, 2.75) is 213 Å². The fourth-order valence-corrected chi connectivity index (χ4v) is 6.47. The minimum absolute atomic E-state index is 0.0145. The summed E-state index contributed by atoms with van der Waals surface area (Å²) in [5.74, 6) is 1.23. The lowest BCUT2D eigenvalue weighted by Crippen LogP contribution is -2.31. The molecule has 0 aromatic rings. The van der Waals surface area contributed by atoms with Gasteiger partial charge in [0.25, 0.3) is 0 Å². The van der Waals surface area contributed by atoms with Crippen LogP contribution in [-0.4, -0.2) is 42.9 Å². The summed E-state index contributed by atoms with van der Waals surface area (Å²) in [5, 5.41) is 0. The van der Waals surface area contributed by atoms with Crippen LogP contribution in [-0.2, 0) is 9.53 Å². The molecule has 1 aliphatic heterocycles. The van der Waals surface area contributed by atoms with E-state index in [2.05, 4.69) is 18.7 Å². The number of esters is 1. The van der Waals surface area contributed by atoms with Crippen LogP contribution in [0.4, 0.5) is 0 Å². The van der Waals surface area contributed by atoms with Gasteiger partial charge in [0.1, 0.15) is 6.61 Å². The highest BCUT2D eigenvalue weighted by Crippen LogP contribution is 2.16. The zero-order chi connectivity index (χ0) is 30.9. The first-order valence-corrected chi connectivity index (χ1v) is 19.7. The molecule has 0 bridgehead atoms. The van der Waals surface area contributed by atoms with Gasteiger partial charge in [0.15, 0.2) is 0 Å². The third kappa shape index (κ3) is 27.0. The molecule has 1 aliphatic rings. The molecule has 0 aromatic heterocycles. The molecule has 4 heteroatoms. The Hall–Kier alpha value is -1.06. The second-order valence-corrected chi connectivity index (χ2v) is 13.6. The van der Waals surface area contributed by atoms with E-state index < -0.39 is 0 Å². The first-order valence-electron chi connectivity index (χ1n) is 19.7. The number of unbranched alkanes of at least 4 members (excludes halogenated alkanes) is 27. The predicted octanol–water partition coefficient (Wildman–Crippen LogP) is 12.4. The Morgan fingerprint density at radius 2 is 0.930 bits per heavy atom. The summed E-state index contributed by atoms with van der Waals surface area (Å²) in [4.78, 5) is 19.3. The Balaban J connectivity index is 1.84. The summed E-state index contributed by atoms with van der Waals surface area (Å²) in [6.45, 7) is 7.79. The summed E-state index contributed by atoms with van der Waals surface area (Å²) in [6.07, 6.45) is 41.5. The Bertz CT molecular complexity index is 620. The minimum atomic E-state index is -0.0145. The van der Waals surface area contributed by atoms with Gasteiger partial charge >= 0.3 is 5.97 Å². The van der Waals surface area contributed by atoms with Gasteiger partial charge in [-0.2, -0.15) is 0 Å². The standard InChI is InChI=1S/C39H76N2O2/c1-3-5-7-9-11-13-15-17-19-21-23-25-27-29-31-33-39(42)43-37-36-41-35-34-40-38(41)32-30-28-26-24-22-20-18-16-14-12-10-8-6-4-2/h3-37H2,1-2H3. The highest BCUT2D eigenvalue weighted by atomic mass is 16.5. The summed E-state index contributed by atoms with van der Waals surface area (Å²) >= 11 is 0. The molecule has 0 saturated carbocycles. The third-order valence-electron chi connectivity index (χ3n) is 9.39. The molecule has 0 amide bonds. The van der Waals surface area contributed by atoms with Gasteiger partial charge in [-0.1, -0.05) is 187 Å². The van der Waals surface area contributed by atoms with Crippen molar-refractivity contribution in [1.29, 1.82) is 0 Å². The Morgan fingerprint density at radius 1 is 0.558 bits per heavy atom. The molecule has 0 radical (unpaired) electrons. The Labute approximate surface area is 270 Å². The molecule has 0 unspecified atom stereocenters. The molecule has 254 valence electrons. The molecule has 0 spiro atoms. The number of rotatable bonds is 34. The van der Waals surface area contributed by atoms with Crippen LogP contribution in [0.25, 0.3) is 0 Å². The molecule has 4 nitrogen and oxygen atoms in total. The SMILES string of the molecule is CCCCCCCCCCCCCCCCCC(=O)OCCN1CCN=C1CCCCCCCCCCCCCCCC. The van der Waals surface area contributed by atoms with Crippen molar-refractivity contribution in [3.63, 3.8) is 0 Å². The fraction of sp³-hybridized carbons (Fsp3) is 0.949. The number of nitrogens with zero attached hydrogens (tertiary/aromatic N) is 2.